The minimum Gasteiger partial charge on any atom is -0.395 e. The van der Waals surface area contributed by atoms with Crippen LogP contribution in [0.3, 0.4) is 0 Å². The molecular formula is C11H22N2O2. The maximum atomic E-state index is 11.9. The predicted molar refractivity (Wildman–Crippen MR) is 59.7 cm³/mol. The van der Waals surface area contributed by atoms with E-state index in [2.05, 4.69) is 5.32 Å². The van der Waals surface area contributed by atoms with Gasteiger partial charge in [-0.05, 0) is 40.0 Å². The van der Waals surface area contributed by atoms with Crippen molar-refractivity contribution in [1.82, 2.24) is 10.2 Å². The highest BCUT2D eigenvalue weighted by molar-refractivity contribution is 5.75. The van der Waals surface area contributed by atoms with E-state index in [1.807, 2.05) is 20.8 Å². The lowest BCUT2D eigenvalue weighted by Crippen LogP contribution is -2.54. The summed E-state index contributed by atoms with van der Waals surface area (Å²) in [5, 5.41) is 11.9. The summed E-state index contributed by atoms with van der Waals surface area (Å²) in [6.45, 7) is 6.36. The summed E-state index contributed by atoms with van der Waals surface area (Å²) in [5.74, 6) is 0. The summed E-state index contributed by atoms with van der Waals surface area (Å²) in [7, 11) is 0. The quantitative estimate of drug-likeness (QED) is 0.745. The first-order valence-corrected chi connectivity index (χ1v) is 5.63. The van der Waals surface area contributed by atoms with Crippen LogP contribution in [-0.4, -0.2) is 40.8 Å². The van der Waals surface area contributed by atoms with Crippen LogP contribution in [0, 0.1) is 0 Å². The molecule has 1 rings (SSSR count). The number of rotatable bonds is 3. The van der Waals surface area contributed by atoms with Crippen molar-refractivity contribution in [3.63, 3.8) is 0 Å². The van der Waals surface area contributed by atoms with Crippen molar-refractivity contribution in [2.75, 3.05) is 13.2 Å². The van der Waals surface area contributed by atoms with Crippen LogP contribution in [0.5, 0.6) is 0 Å². The molecule has 0 spiro atoms. The van der Waals surface area contributed by atoms with Crippen LogP contribution >= 0.6 is 0 Å². The molecule has 15 heavy (non-hydrogen) atoms. The topological polar surface area (TPSA) is 52.6 Å². The number of nitrogens with one attached hydrogen (secondary N) is 1. The van der Waals surface area contributed by atoms with Crippen molar-refractivity contribution < 1.29 is 9.90 Å². The van der Waals surface area contributed by atoms with Crippen molar-refractivity contribution in [3.8, 4) is 0 Å². The molecule has 0 aromatic carbocycles. The van der Waals surface area contributed by atoms with Gasteiger partial charge < -0.3 is 15.3 Å². The zero-order valence-electron chi connectivity index (χ0n) is 9.92. The summed E-state index contributed by atoms with van der Waals surface area (Å²) in [5.41, 5.74) is -0.214. The molecule has 0 unspecified atom stereocenters. The van der Waals surface area contributed by atoms with E-state index in [-0.39, 0.29) is 18.2 Å². The number of carbonyl (C=O) groups excluding carboxylic acids is 1. The van der Waals surface area contributed by atoms with Gasteiger partial charge in [-0.25, -0.2) is 4.79 Å². The van der Waals surface area contributed by atoms with Gasteiger partial charge in [-0.15, -0.1) is 0 Å². The fourth-order valence-electron chi connectivity index (χ4n) is 1.65. The Morgan fingerprint density at radius 3 is 2.40 bits per heavy atom. The minimum atomic E-state index is -0.214. The van der Waals surface area contributed by atoms with Crippen LogP contribution in [0.15, 0.2) is 0 Å². The summed E-state index contributed by atoms with van der Waals surface area (Å²) < 4.78 is 0. The standard InChI is InChI=1S/C11H22N2O2/c1-11(2,3)12-10(15)13(7-8-14)9-5-4-6-9/h9,14H,4-8H2,1-3H3,(H,12,15). The molecule has 1 aliphatic rings. The SMILES string of the molecule is CC(C)(C)NC(=O)N(CCO)C1CCC1. The molecular weight excluding hydrogens is 192 g/mol. The number of hydrogen-bond donors (Lipinski definition) is 2. The van der Waals surface area contributed by atoms with E-state index in [1.54, 1.807) is 4.90 Å². The van der Waals surface area contributed by atoms with Gasteiger partial charge in [0.2, 0.25) is 0 Å². The first-order chi connectivity index (χ1) is 6.94. The van der Waals surface area contributed by atoms with Gasteiger partial charge in [0.15, 0.2) is 0 Å². The molecule has 0 saturated heterocycles. The molecule has 0 aliphatic heterocycles. The van der Waals surface area contributed by atoms with Crippen molar-refractivity contribution >= 4 is 6.03 Å². The molecule has 4 heteroatoms. The minimum absolute atomic E-state index is 0.0358. The Hall–Kier alpha value is -0.770. The molecule has 1 aliphatic carbocycles. The smallest absolute Gasteiger partial charge is 0.318 e. The molecule has 2 amide bonds. The molecule has 0 aromatic heterocycles. The fourth-order valence-corrected chi connectivity index (χ4v) is 1.65. The van der Waals surface area contributed by atoms with Crippen LogP contribution in [0.25, 0.3) is 0 Å². The van der Waals surface area contributed by atoms with E-state index < -0.39 is 0 Å². The molecule has 2 N–H and O–H groups in total. The highest BCUT2D eigenvalue weighted by atomic mass is 16.3. The van der Waals surface area contributed by atoms with Gasteiger partial charge in [-0.3, -0.25) is 0 Å². The zero-order chi connectivity index (χ0) is 11.5. The average Bonchev–Trinajstić information content (AvgIpc) is 1.96. The molecule has 1 fully saturated rings. The van der Waals surface area contributed by atoms with Gasteiger partial charge in [0.1, 0.15) is 0 Å². The Kier molecular flexibility index (Phi) is 3.97. The van der Waals surface area contributed by atoms with Gasteiger partial charge >= 0.3 is 6.03 Å². The maximum Gasteiger partial charge on any atom is 0.318 e. The van der Waals surface area contributed by atoms with Crippen LogP contribution in [-0.2, 0) is 0 Å². The van der Waals surface area contributed by atoms with E-state index in [0.29, 0.717) is 12.6 Å². The molecule has 1 saturated carbocycles. The summed E-state index contributed by atoms with van der Waals surface area (Å²) >= 11 is 0. The lowest BCUT2D eigenvalue weighted by molar-refractivity contribution is 0.114. The Morgan fingerprint density at radius 2 is 2.07 bits per heavy atom. The monoisotopic (exact) mass is 214 g/mol. The largest absolute Gasteiger partial charge is 0.395 e. The van der Waals surface area contributed by atoms with Crippen molar-refractivity contribution in [3.05, 3.63) is 0 Å². The normalized spacial score (nSPS) is 17.1. The highest BCUT2D eigenvalue weighted by Gasteiger charge is 2.29. The highest BCUT2D eigenvalue weighted by Crippen LogP contribution is 2.24. The van der Waals surface area contributed by atoms with Gasteiger partial charge in [0.25, 0.3) is 0 Å². The summed E-state index contributed by atoms with van der Waals surface area (Å²) in [6.07, 6.45) is 3.32. The molecule has 0 heterocycles. The van der Waals surface area contributed by atoms with Crippen LogP contribution in [0.4, 0.5) is 4.79 Å². The second kappa shape index (κ2) is 4.84. The first-order valence-electron chi connectivity index (χ1n) is 5.63. The van der Waals surface area contributed by atoms with Gasteiger partial charge in [0.05, 0.1) is 6.61 Å². The Bertz CT molecular complexity index is 219. The van der Waals surface area contributed by atoms with Crippen molar-refractivity contribution in [2.24, 2.45) is 0 Å². The Labute approximate surface area is 91.6 Å². The summed E-state index contributed by atoms with van der Waals surface area (Å²) in [4.78, 5) is 13.6. The molecule has 88 valence electrons. The zero-order valence-corrected chi connectivity index (χ0v) is 9.92. The van der Waals surface area contributed by atoms with Gasteiger partial charge in [-0.1, -0.05) is 0 Å². The third kappa shape index (κ3) is 3.70. The third-order valence-electron chi connectivity index (χ3n) is 2.60. The van der Waals surface area contributed by atoms with Gasteiger partial charge in [-0.2, -0.15) is 0 Å². The van der Waals surface area contributed by atoms with E-state index in [0.717, 1.165) is 12.8 Å². The van der Waals surface area contributed by atoms with E-state index >= 15 is 0 Å². The number of nitrogens with zero attached hydrogens (tertiary/aromatic N) is 1. The van der Waals surface area contributed by atoms with E-state index in [9.17, 15) is 4.79 Å². The van der Waals surface area contributed by atoms with Crippen molar-refractivity contribution in [1.29, 1.82) is 0 Å². The third-order valence-corrected chi connectivity index (χ3v) is 2.60. The Morgan fingerprint density at radius 1 is 1.47 bits per heavy atom. The first kappa shape index (κ1) is 12.3. The van der Waals surface area contributed by atoms with Crippen molar-refractivity contribution in [2.45, 2.75) is 51.6 Å². The predicted octanol–water partition coefficient (Wildman–Crippen LogP) is 1.34. The van der Waals surface area contributed by atoms with Gasteiger partial charge in [0, 0.05) is 18.1 Å². The average molecular weight is 214 g/mol. The van der Waals surface area contributed by atoms with E-state index in [4.69, 9.17) is 5.11 Å². The van der Waals surface area contributed by atoms with Crippen LogP contribution < -0.4 is 5.32 Å². The Balaban J connectivity index is 2.50. The number of hydrogen-bond acceptors (Lipinski definition) is 2. The van der Waals surface area contributed by atoms with Crippen LogP contribution in [0.1, 0.15) is 40.0 Å². The molecule has 0 aromatic rings. The lowest BCUT2D eigenvalue weighted by atomic mass is 9.91. The molecule has 4 nitrogen and oxygen atoms in total. The van der Waals surface area contributed by atoms with Crippen LogP contribution in [0.2, 0.25) is 0 Å². The number of aliphatic hydroxyl groups is 1. The number of aliphatic hydroxyl groups excluding tert-OH is 1. The number of carbonyl (C=O) groups is 1. The fraction of sp³-hybridized carbons (Fsp3) is 0.909. The number of amides is 2. The molecule has 0 atom stereocenters. The second-order valence-electron chi connectivity index (χ2n) is 5.18. The molecule has 0 bridgehead atoms. The lowest BCUT2D eigenvalue weighted by Gasteiger charge is -2.38. The summed E-state index contributed by atoms with van der Waals surface area (Å²) in [6, 6.07) is 0.278. The second-order valence-corrected chi connectivity index (χ2v) is 5.18. The maximum absolute atomic E-state index is 11.9. The number of urea groups is 1. The van der Waals surface area contributed by atoms with E-state index in [1.165, 1.54) is 6.42 Å². The molecule has 0 radical (unpaired) electrons.